The van der Waals surface area contributed by atoms with E-state index in [1.54, 1.807) is 9.80 Å². The normalized spacial score (nSPS) is 10.8. The van der Waals surface area contributed by atoms with Crippen molar-refractivity contribution < 1.29 is 39.6 Å². The quantitative estimate of drug-likeness (QED) is 0.0899. The lowest BCUT2D eigenvalue weighted by molar-refractivity contribution is -0.134. The Kier molecular flexibility index (Phi) is 14.7. The zero-order chi connectivity index (χ0) is 26.3. The van der Waals surface area contributed by atoms with Gasteiger partial charge in [-0.15, -0.1) is 0 Å². The van der Waals surface area contributed by atoms with Crippen LogP contribution in [-0.4, -0.2) is 120 Å². The molecule has 0 bridgehead atoms. The Morgan fingerprint density at radius 3 is 1.09 bits per heavy atom. The fourth-order valence-corrected chi connectivity index (χ4v) is 2.60. The van der Waals surface area contributed by atoms with E-state index in [1.165, 1.54) is 0 Å². The first-order chi connectivity index (χ1) is 15.8. The highest BCUT2D eigenvalue weighted by Crippen LogP contribution is 2.02. The Balaban J connectivity index is 4.99. The van der Waals surface area contributed by atoms with Gasteiger partial charge in [-0.1, -0.05) is 26.3 Å². The first kappa shape index (κ1) is 30.7. The van der Waals surface area contributed by atoms with Gasteiger partial charge in [0.2, 0.25) is 0 Å². The molecular formula is C22H34N4O8. The van der Waals surface area contributed by atoms with E-state index in [0.717, 1.165) is 0 Å². The Hall–Kier alpha value is -3.32. The van der Waals surface area contributed by atoms with Gasteiger partial charge in [0.1, 0.15) is 0 Å². The van der Waals surface area contributed by atoms with E-state index in [0.29, 0.717) is 39.3 Å². The lowest BCUT2D eigenvalue weighted by Gasteiger charge is -2.28. The summed E-state index contributed by atoms with van der Waals surface area (Å²) in [5.41, 5.74) is -0.0496. The van der Waals surface area contributed by atoms with Gasteiger partial charge < -0.3 is 31.1 Å². The number of carboxylic acids is 4. The molecule has 0 atom stereocenters. The summed E-state index contributed by atoms with van der Waals surface area (Å²) >= 11 is 0. The van der Waals surface area contributed by atoms with E-state index in [9.17, 15) is 19.2 Å². The summed E-state index contributed by atoms with van der Waals surface area (Å²) in [6.45, 7) is 16.4. The number of carboxylic acid groups (broad SMARTS) is 4. The molecule has 0 aromatic rings. The van der Waals surface area contributed by atoms with Gasteiger partial charge in [-0.2, -0.15) is 0 Å². The molecule has 190 valence electrons. The summed E-state index contributed by atoms with van der Waals surface area (Å²) in [4.78, 5) is 47.6. The van der Waals surface area contributed by atoms with Crippen LogP contribution in [0.1, 0.15) is 0 Å². The number of rotatable bonds is 21. The summed E-state index contributed by atoms with van der Waals surface area (Å²) < 4.78 is 0. The molecule has 0 aliphatic rings. The zero-order valence-electron chi connectivity index (χ0n) is 19.2. The summed E-state index contributed by atoms with van der Waals surface area (Å²) in [5.74, 6) is -4.51. The lowest BCUT2D eigenvalue weighted by atomic mass is 10.2. The Morgan fingerprint density at radius 1 is 0.529 bits per heavy atom. The van der Waals surface area contributed by atoms with Crippen LogP contribution in [-0.2, 0) is 19.2 Å². The minimum Gasteiger partial charge on any atom is -0.478 e. The maximum Gasteiger partial charge on any atom is 0.332 e. The number of nitrogens with zero attached hydrogens (tertiary/aromatic N) is 2. The largest absolute Gasteiger partial charge is 0.478 e. The maximum atomic E-state index is 11.2. The summed E-state index contributed by atoms with van der Waals surface area (Å²) in [6, 6.07) is 0. The number of aliphatic carboxylic acids is 4. The van der Waals surface area contributed by atoms with Gasteiger partial charge in [-0.05, 0) is 0 Å². The van der Waals surface area contributed by atoms with Crippen molar-refractivity contribution in [2.45, 2.75) is 0 Å². The third kappa shape index (κ3) is 14.0. The highest BCUT2D eigenvalue weighted by Gasteiger charge is 2.16. The van der Waals surface area contributed by atoms with Crippen molar-refractivity contribution >= 4 is 23.9 Å². The molecule has 0 heterocycles. The van der Waals surface area contributed by atoms with E-state index in [2.05, 4.69) is 36.9 Å². The van der Waals surface area contributed by atoms with Gasteiger partial charge in [0.25, 0.3) is 0 Å². The smallest absolute Gasteiger partial charge is 0.332 e. The summed E-state index contributed by atoms with van der Waals surface area (Å²) in [6.07, 6.45) is 0. The van der Waals surface area contributed by atoms with E-state index in [1.807, 2.05) is 0 Å². The molecule has 12 nitrogen and oxygen atoms in total. The molecule has 0 saturated heterocycles. The van der Waals surface area contributed by atoms with Gasteiger partial charge >= 0.3 is 23.9 Å². The van der Waals surface area contributed by atoms with Crippen LogP contribution < -0.4 is 10.6 Å². The molecule has 0 aromatic heterocycles. The van der Waals surface area contributed by atoms with Crippen molar-refractivity contribution in [1.82, 2.24) is 20.4 Å². The van der Waals surface area contributed by atoms with Crippen molar-refractivity contribution in [2.24, 2.45) is 0 Å². The molecule has 0 fully saturated rings. The van der Waals surface area contributed by atoms with Gasteiger partial charge in [0.05, 0.1) is 0 Å². The van der Waals surface area contributed by atoms with Gasteiger partial charge in [0, 0.05) is 87.7 Å². The Labute approximate surface area is 198 Å². The molecule has 0 spiro atoms. The average molecular weight is 483 g/mol. The summed E-state index contributed by atoms with van der Waals surface area (Å²) in [5, 5.41) is 41.9. The number of hydrogen-bond donors (Lipinski definition) is 6. The molecular weight excluding hydrogens is 448 g/mol. The maximum absolute atomic E-state index is 11.2. The van der Waals surface area contributed by atoms with Crippen LogP contribution in [0, 0.1) is 0 Å². The number of hydrogen-bond acceptors (Lipinski definition) is 8. The van der Waals surface area contributed by atoms with Crippen LogP contribution in [0.2, 0.25) is 0 Å². The second kappa shape index (κ2) is 16.3. The third-order valence-electron chi connectivity index (χ3n) is 4.66. The molecule has 0 aliphatic heterocycles. The van der Waals surface area contributed by atoms with E-state index in [4.69, 9.17) is 20.4 Å². The first-order valence-corrected chi connectivity index (χ1v) is 10.4. The first-order valence-electron chi connectivity index (χ1n) is 10.4. The predicted octanol–water partition coefficient (Wildman–Crippen LogP) is -0.667. The minimum atomic E-state index is -1.14. The van der Waals surface area contributed by atoms with Crippen molar-refractivity contribution in [3.8, 4) is 0 Å². The standard InChI is InChI=1S/C22H34N4O8/c1-15(19(27)28)11-23-5-7-25(13-17(3)21(31)32)9-10-26(14-18(4)22(33)34)8-6-24-12-16(2)20(29)30/h23-24H,1-14H2,(H,27,28)(H,29,30)(H,31,32)(H,33,34). The van der Waals surface area contributed by atoms with Crippen LogP contribution in [0.4, 0.5) is 0 Å². The van der Waals surface area contributed by atoms with E-state index >= 15 is 0 Å². The lowest BCUT2D eigenvalue weighted by Crippen LogP contribution is -2.43. The molecule has 0 saturated carbocycles. The molecule has 0 rings (SSSR count). The molecule has 0 radical (unpaired) electrons. The van der Waals surface area contributed by atoms with Crippen LogP contribution >= 0.6 is 0 Å². The van der Waals surface area contributed by atoms with Gasteiger partial charge in [0.15, 0.2) is 0 Å². The highest BCUT2D eigenvalue weighted by molar-refractivity contribution is 5.87. The monoisotopic (exact) mass is 482 g/mol. The minimum absolute atomic E-state index is 0.00191. The highest BCUT2D eigenvalue weighted by atomic mass is 16.4. The topological polar surface area (TPSA) is 180 Å². The second-order valence-corrected chi connectivity index (χ2v) is 7.54. The SMILES string of the molecule is C=C(CNCCN(CCN(CCNCC(=C)C(=O)O)CC(=C)C(=O)O)CC(=C)C(=O)O)C(=O)O. The summed E-state index contributed by atoms with van der Waals surface area (Å²) in [7, 11) is 0. The fraction of sp³-hybridized carbons (Fsp3) is 0.455. The van der Waals surface area contributed by atoms with Crippen LogP contribution in [0.15, 0.2) is 48.6 Å². The van der Waals surface area contributed by atoms with Crippen LogP contribution in [0.5, 0.6) is 0 Å². The van der Waals surface area contributed by atoms with Crippen molar-refractivity contribution in [2.75, 3.05) is 65.4 Å². The van der Waals surface area contributed by atoms with Crippen molar-refractivity contribution in [3.05, 3.63) is 48.6 Å². The molecule has 0 unspecified atom stereocenters. The van der Waals surface area contributed by atoms with Crippen molar-refractivity contribution in [1.29, 1.82) is 0 Å². The zero-order valence-corrected chi connectivity index (χ0v) is 19.2. The van der Waals surface area contributed by atoms with Crippen LogP contribution in [0.3, 0.4) is 0 Å². The molecule has 6 N–H and O–H groups in total. The second-order valence-electron chi connectivity index (χ2n) is 7.54. The van der Waals surface area contributed by atoms with Gasteiger partial charge in [-0.3, -0.25) is 9.80 Å². The third-order valence-corrected chi connectivity index (χ3v) is 4.66. The molecule has 34 heavy (non-hydrogen) atoms. The van der Waals surface area contributed by atoms with Crippen LogP contribution in [0.25, 0.3) is 0 Å². The number of nitrogens with one attached hydrogen (secondary N) is 2. The Morgan fingerprint density at radius 2 is 0.824 bits per heavy atom. The van der Waals surface area contributed by atoms with E-state index < -0.39 is 23.9 Å². The fourth-order valence-electron chi connectivity index (χ4n) is 2.60. The Bertz CT molecular complexity index is 743. The molecule has 12 heteroatoms. The van der Waals surface area contributed by atoms with Crippen molar-refractivity contribution in [3.63, 3.8) is 0 Å². The number of carbonyl (C=O) groups is 4. The van der Waals surface area contributed by atoms with E-state index in [-0.39, 0.29) is 48.5 Å². The molecule has 0 aromatic carbocycles. The molecule has 0 amide bonds. The predicted molar refractivity (Wildman–Crippen MR) is 126 cm³/mol. The average Bonchev–Trinajstić information content (AvgIpc) is 2.75. The molecule has 0 aliphatic carbocycles. The van der Waals surface area contributed by atoms with Gasteiger partial charge in [-0.25, -0.2) is 19.2 Å².